The Kier molecular flexibility index (Phi) is 3.86. The van der Waals surface area contributed by atoms with Gasteiger partial charge in [-0.15, -0.1) is 0 Å². The molecule has 2 atom stereocenters. The number of aromatic nitrogens is 2. The van der Waals surface area contributed by atoms with E-state index in [0.29, 0.717) is 18.3 Å². The van der Waals surface area contributed by atoms with Gasteiger partial charge in [-0.1, -0.05) is 13.3 Å². The Morgan fingerprint density at radius 2 is 2.39 bits per heavy atom. The van der Waals surface area contributed by atoms with E-state index in [1.54, 1.807) is 0 Å². The van der Waals surface area contributed by atoms with Crippen LogP contribution < -0.4 is 21.9 Å². The van der Waals surface area contributed by atoms with Gasteiger partial charge in [0.1, 0.15) is 5.69 Å². The van der Waals surface area contributed by atoms with Gasteiger partial charge in [-0.05, 0) is 18.8 Å². The Labute approximate surface area is 106 Å². The van der Waals surface area contributed by atoms with Crippen molar-refractivity contribution in [2.45, 2.75) is 32.2 Å². The van der Waals surface area contributed by atoms with Crippen LogP contribution in [-0.2, 0) is 0 Å². The van der Waals surface area contributed by atoms with Crippen LogP contribution in [0.15, 0.2) is 11.1 Å². The molecule has 1 aliphatic rings. The second-order valence-corrected chi connectivity index (χ2v) is 4.85. The maximum absolute atomic E-state index is 11.5. The van der Waals surface area contributed by atoms with Crippen LogP contribution in [0.3, 0.4) is 0 Å². The summed E-state index contributed by atoms with van der Waals surface area (Å²) in [6.07, 6.45) is 4.71. The molecule has 0 amide bonds. The monoisotopic (exact) mass is 251 g/mol. The van der Waals surface area contributed by atoms with Gasteiger partial charge < -0.3 is 21.4 Å². The molecule has 1 fully saturated rings. The Morgan fingerprint density at radius 1 is 1.61 bits per heavy atom. The molecule has 1 aromatic heterocycles. The number of anilines is 2. The fourth-order valence-electron chi connectivity index (χ4n) is 2.64. The van der Waals surface area contributed by atoms with Crippen LogP contribution in [0.4, 0.5) is 11.5 Å². The molecule has 6 nitrogen and oxygen atoms in total. The summed E-state index contributed by atoms with van der Waals surface area (Å²) in [5, 5.41) is 0. The lowest BCUT2D eigenvalue weighted by molar-refractivity contribution is 0.334. The van der Waals surface area contributed by atoms with Crippen molar-refractivity contribution in [3.05, 3.63) is 16.7 Å². The minimum absolute atomic E-state index is 0.186. The largest absolute Gasteiger partial charge is 0.391 e. The molecule has 2 heterocycles. The molecular weight excluding hydrogens is 230 g/mol. The number of hydrogen-bond acceptors (Lipinski definition) is 5. The maximum Gasteiger partial charge on any atom is 0.276 e. The SMILES string of the molecule is CCC1CCN(c2nc[nH]c(=O)c2N)C(CN)C1. The van der Waals surface area contributed by atoms with E-state index in [0.717, 1.165) is 19.4 Å². The zero-order chi connectivity index (χ0) is 13.1. The van der Waals surface area contributed by atoms with Gasteiger partial charge in [-0.25, -0.2) is 4.98 Å². The minimum Gasteiger partial charge on any atom is -0.391 e. The Balaban J connectivity index is 2.27. The number of nitrogens with one attached hydrogen (secondary N) is 1. The highest BCUT2D eigenvalue weighted by molar-refractivity contribution is 5.61. The van der Waals surface area contributed by atoms with Crippen molar-refractivity contribution >= 4 is 11.5 Å². The summed E-state index contributed by atoms with van der Waals surface area (Å²) < 4.78 is 0. The third-order valence-electron chi connectivity index (χ3n) is 3.81. The van der Waals surface area contributed by atoms with Crippen molar-refractivity contribution in [2.24, 2.45) is 11.7 Å². The average molecular weight is 251 g/mol. The van der Waals surface area contributed by atoms with Gasteiger partial charge in [0.2, 0.25) is 0 Å². The number of rotatable bonds is 3. The fourth-order valence-corrected chi connectivity index (χ4v) is 2.64. The van der Waals surface area contributed by atoms with Crippen LogP contribution >= 0.6 is 0 Å². The van der Waals surface area contributed by atoms with Crippen LogP contribution in [0.5, 0.6) is 0 Å². The van der Waals surface area contributed by atoms with E-state index in [1.807, 2.05) is 0 Å². The van der Waals surface area contributed by atoms with E-state index in [9.17, 15) is 4.79 Å². The molecule has 0 aliphatic carbocycles. The normalized spacial score (nSPS) is 24.2. The summed E-state index contributed by atoms with van der Waals surface area (Å²) >= 11 is 0. The van der Waals surface area contributed by atoms with E-state index in [1.165, 1.54) is 12.7 Å². The molecule has 18 heavy (non-hydrogen) atoms. The highest BCUT2D eigenvalue weighted by atomic mass is 16.1. The van der Waals surface area contributed by atoms with Crippen molar-refractivity contribution in [1.82, 2.24) is 9.97 Å². The Hall–Kier alpha value is -1.56. The third kappa shape index (κ3) is 2.33. The second-order valence-electron chi connectivity index (χ2n) is 4.85. The predicted molar refractivity (Wildman–Crippen MR) is 72.5 cm³/mol. The minimum atomic E-state index is -0.284. The quantitative estimate of drug-likeness (QED) is 0.717. The standard InChI is InChI=1S/C12H21N5O/c1-2-8-3-4-17(9(5-8)6-13)11-10(14)12(18)16-7-15-11/h7-9H,2-6,13-14H2,1H3,(H,15,16,18). The van der Waals surface area contributed by atoms with Crippen molar-refractivity contribution in [3.8, 4) is 0 Å². The molecule has 2 unspecified atom stereocenters. The summed E-state index contributed by atoms with van der Waals surface area (Å²) in [7, 11) is 0. The Morgan fingerprint density at radius 3 is 3.06 bits per heavy atom. The molecule has 0 aromatic carbocycles. The molecule has 0 bridgehead atoms. The van der Waals surface area contributed by atoms with E-state index >= 15 is 0 Å². The van der Waals surface area contributed by atoms with E-state index in [-0.39, 0.29) is 17.3 Å². The molecule has 1 aromatic rings. The predicted octanol–water partition coefficient (Wildman–Crippen LogP) is 0.306. The highest BCUT2D eigenvalue weighted by Gasteiger charge is 2.29. The van der Waals surface area contributed by atoms with E-state index in [4.69, 9.17) is 11.5 Å². The van der Waals surface area contributed by atoms with Crippen LogP contribution in [-0.4, -0.2) is 29.1 Å². The summed E-state index contributed by atoms with van der Waals surface area (Å²) in [4.78, 5) is 20.3. The van der Waals surface area contributed by atoms with Gasteiger partial charge in [0.25, 0.3) is 5.56 Å². The molecule has 1 aliphatic heterocycles. The van der Waals surface area contributed by atoms with Gasteiger partial charge >= 0.3 is 0 Å². The number of hydrogen-bond donors (Lipinski definition) is 3. The molecule has 5 N–H and O–H groups in total. The van der Waals surface area contributed by atoms with E-state index in [2.05, 4.69) is 21.8 Å². The number of nitrogens with zero attached hydrogens (tertiary/aromatic N) is 2. The smallest absolute Gasteiger partial charge is 0.276 e. The van der Waals surface area contributed by atoms with Crippen molar-refractivity contribution in [1.29, 1.82) is 0 Å². The van der Waals surface area contributed by atoms with Crippen molar-refractivity contribution < 1.29 is 0 Å². The first-order valence-corrected chi connectivity index (χ1v) is 6.47. The molecule has 100 valence electrons. The van der Waals surface area contributed by atoms with Crippen molar-refractivity contribution in [2.75, 3.05) is 23.7 Å². The van der Waals surface area contributed by atoms with Crippen LogP contribution in [0, 0.1) is 5.92 Å². The second kappa shape index (κ2) is 5.39. The molecule has 6 heteroatoms. The van der Waals surface area contributed by atoms with Crippen LogP contribution in [0.2, 0.25) is 0 Å². The van der Waals surface area contributed by atoms with Gasteiger partial charge in [-0.3, -0.25) is 4.79 Å². The Bertz CT molecular complexity index is 458. The zero-order valence-corrected chi connectivity index (χ0v) is 10.7. The molecule has 0 radical (unpaired) electrons. The number of nitrogens with two attached hydrogens (primary N) is 2. The molecular formula is C12H21N5O. The lowest BCUT2D eigenvalue weighted by Crippen LogP contribution is -2.47. The molecule has 0 spiro atoms. The van der Waals surface area contributed by atoms with Crippen LogP contribution in [0.25, 0.3) is 0 Å². The zero-order valence-electron chi connectivity index (χ0n) is 10.7. The van der Waals surface area contributed by atoms with Gasteiger partial charge in [-0.2, -0.15) is 0 Å². The van der Waals surface area contributed by atoms with Gasteiger partial charge in [0.15, 0.2) is 5.82 Å². The molecule has 1 saturated heterocycles. The summed E-state index contributed by atoms with van der Waals surface area (Å²) in [6, 6.07) is 0.222. The topological polar surface area (TPSA) is 101 Å². The van der Waals surface area contributed by atoms with Crippen LogP contribution in [0.1, 0.15) is 26.2 Å². The first kappa shape index (κ1) is 12.9. The number of piperidine rings is 1. The summed E-state index contributed by atoms with van der Waals surface area (Å²) in [5.74, 6) is 1.28. The molecule has 2 rings (SSSR count). The maximum atomic E-state index is 11.5. The first-order chi connectivity index (χ1) is 8.67. The number of nitrogen functional groups attached to an aromatic ring is 1. The molecule has 0 saturated carbocycles. The van der Waals surface area contributed by atoms with Crippen molar-refractivity contribution in [3.63, 3.8) is 0 Å². The lowest BCUT2D eigenvalue weighted by Gasteiger charge is -2.39. The number of H-pyrrole nitrogens is 1. The fraction of sp³-hybridized carbons (Fsp3) is 0.667. The number of aromatic amines is 1. The first-order valence-electron chi connectivity index (χ1n) is 6.47. The van der Waals surface area contributed by atoms with Gasteiger partial charge in [0.05, 0.1) is 6.33 Å². The third-order valence-corrected chi connectivity index (χ3v) is 3.81. The van der Waals surface area contributed by atoms with E-state index < -0.39 is 0 Å². The lowest BCUT2D eigenvalue weighted by atomic mass is 9.89. The van der Waals surface area contributed by atoms with Gasteiger partial charge in [0, 0.05) is 19.1 Å². The summed E-state index contributed by atoms with van der Waals surface area (Å²) in [5.41, 5.74) is 11.6. The average Bonchev–Trinajstić information content (AvgIpc) is 2.41. The highest BCUT2D eigenvalue weighted by Crippen LogP contribution is 2.29. The summed E-state index contributed by atoms with van der Waals surface area (Å²) in [6.45, 7) is 3.62.